The van der Waals surface area contributed by atoms with Crippen LogP contribution in [0.1, 0.15) is 30.9 Å². The van der Waals surface area contributed by atoms with Crippen LogP contribution in [0.15, 0.2) is 41.4 Å². The lowest BCUT2D eigenvalue weighted by atomic mass is 9.96. The summed E-state index contributed by atoms with van der Waals surface area (Å²) in [5.41, 5.74) is -1.54. The van der Waals surface area contributed by atoms with Gasteiger partial charge in [0.15, 0.2) is 5.69 Å². The third-order valence-electron chi connectivity index (χ3n) is 3.71. The summed E-state index contributed by atoms with van der Waals surface area (Å²) in [7, 11) is 0. The highest BCUT2D eigenvalue weighted by atomic mass is 19.4. The minimum absolute atomic E-state index is 0.0683. The molecule has 0 aromatic heterocycles. The number of hydrogen-bond donors (Lipinski definition) is 0. The summed E-state index contributed by atoms with van der Waals surface area (Å²) in [5.74, 6) is -1.37. The SMILES string of the molecule is [C-]#[N+]c1ccc(-c2ccc(F)cc2C([O-])=NCCCC)cc1C(F)(F)F. The Labute approximate surface area is 148 Å². The first-order valence-corrected chi connectivity index (χ1v) is 7.88. The number of unbranched alkanes of at least 4 members (excludes halogenated alkanes) is 1. The molecule has 0 N–H and O–H groups in total. The molecule has 7 heteroatoms. The Balaban J connectivity index is 2.59. The minimum Gasteiger partial charge on any atom is -0.858 e. The third kappa shape index (κ3) is 4.39. The van der Waals surface area contributed by atoms with E-state index < -0.39 is 29.1 Å². The summed E-state index contributed by atoms with van der Waals surface area (Å²) in [5, 5.41) is 12.3. The van der Waals surface area contributed by atoms with E-state index in [0.29, 0.717) is 6.42 Å². The molecule has 0 bridgehead atoms. The summed E-state index contributed by atoms with van der Waals surface area (Å²) < 4.78 is 53.1. The van der Waals surface area contributed by atoms with E-state index >= 15 is 0 Å². The highest BCUT2D eigenvalue weighted by molar-refractivity contribution is 5.98. The zero-order valence-corrected chi connectivity index (χ0v) is 13.9. The van der Waals surface area contributed by atoms with Gasteiger partial charge >= 0.3 is 6.18 Å². The minimum atomic E-state index is -4.72. The second kappa shape index (κ2) is 8.00. The fourth-order valence-corrected chi connectivity index (χ4v) is 2.40. The van der Waals surface area contributed by atoms with Gasteiger partial charge in [-0.25, -0.2) is 9.24 Å². The molecular weight excluding hydrogens is 348 g/mol. The van der Waals surface area contributed by atoms with Gasteiger partial charge in [0.1, 0.15) is 5.82 Å². The Bertz CT molecular complexity index is 867. The van der Waals surface area contributed by atoms with Crippen LogP contribution >= 0.6 is 0 Å². The smallest absolute Gasteiger partial charge is 0.407 e. The van der Waals surface area contributed by atoms with Crippen molar-refractivity contribution in [3.05, 3.63) is 64.8 Å². The van der Waals surface area contributed by atoms with Gasteiger partial charge in [-0.2, -0.15) is 13.2 Å². The third-order valence-corrected chi connectivity index (χ3v) is 3.71. The summed E-state index contributed by atoms with van der Waals surface area (Å²) in [4.78, 5) is 6.72. The Morgan fingerprint density at radius 3 is 2.54 bits per heavy atom. The maximum Gasteiger partial charge on any atom is 0.407 e. The van der Waals surface area contributed by atoms with E-state index in [-0.39, 0.29) is 23.2 Å². The van der Waals surface area contributed by atoms with Crippen molar-refractivity contribution in [3.63, 3.8) is 0 Å². The maximum atomic E-state index is 13.6. The maximum absolute atomic E-state index is 13.6. The van der Waals surface area contributed by atoms with Crippen molar-refractivity contribution in [2.75, 3.05) is 6.54 Å². The van der Waals surface area contributed by atoms with Gasteiger partial charge in [0, 0.05) is 6.54 Å². The molecule has 2 aromatic carbocycles. The van der Waals surface area contributed by atoms with Crippen molar-refractivity contribution in [2.24, 2.45) is 4.99 Å². The second-order valence-electron chi connectivity index (χ2n) is 5.57. The molecule has 2 aromatic rings. The summed E-state index contributed by atoms with van der Waals surface area (Å²) >= 11 is 0. The highest BCUT2D eigenvalue weighted by Gasteiger charge is 2.33. The normalized spacial score (nSPS) is 12.1. The molecule has 2 rings (SSSR count). The number of nitrogens with zero attached hydrogens (tertiary/aromatic N) is 2. The average Bonchev–Trinajstić information content (AvgIpc) is 2.60. The van der Waals surface area contributed by atoms with Crippen LogP contribution in [0.25, 0.3) is 16.0 Å². The summed E-state index contributed by atoms with van der Waals surface area (Å²) in [6.45, 7) is 9.06. The zero-order chi connectivity index (χ0) is 19.3. The fraction of sp³-hybridized carbons (Fsp3) is 0.263. The van der Waals surface area contributed by atoms with Crippen molar-refractivity contribution < 1.29 is 22.7 Å². The Kier molecular flexibility index (Phi) is 5.98. The van der Waals surface area contributed by atoms with E-state index in [4.69, 9.17) is 6.57 Å². The van der Waals surface area contributed by atoms with E-state index in [1.54, 1.807) is 0 Å². The summed E-state index contributed by atoms with van der Waals surface area (Å²) in [6, 6.07) is 6.40. The first-order valence-electron chi connectivity index (χ1n) is 7.88. The van der Waals surface area contributed by atoms with E-state index in [9.17, 15) is 22.7 Å². The lowest BCUT2D eigenvalue weighted by molar-refractivity contribution is -0.213. The molecular formula is C19H15F4N2O-. The average molecular weight is 363 g/mol. The zero-order valence-electron chi connectivity index (χ0n) is 13.9. The van der Waals surface area contributed by atoms with Gasteiger partial charge in [0.2, 0.25) is 0 Å². The number of benzene rings is 2. The molecule has 0 aliphatic heterocycles. The van der Waals surface area contributed by atoms with Crippen LogP contribution in [0.4, 0.5) is 23.2 Å². The second-order valence-corrected chi connectivity index (χ2v) is 5.57. The van der Waals surface area contributed by atoms with Crippen molar-refractivity contribution in [1.29, 1.82) is 0 Å². The molecule has 0 fully saturated rings. The van der Waals surface area contributed by atoms with Crippen molar-refractivity contribution in [1.82, 2.24) is 0 Å². The molecule has 0 aliphatic carbocycles. The first kappa shape index (κ1) is 19.4. The molecule has 0 amide bonds. The molecule has 0 radical (unpaired) electrons. The Morgan fingerprint density at radius 2 is 1.92 bits per heavy atom. The van der Waals surface area contributed by atoms with Crippen molar-refractivity contribution in [3.8, 4) is 11.1 Å². The van der Waals surface area contributed by atoms with Crippen molar-refractivity contribution >= 4 is 11.6 Å². The largest absolute Gasteiger partial charge is 0.858 e. The monoisotopic (exact) mass is 363 g/mol. The van der Waals surface area contributed by atoms with Gasteiger partial charge in [-0.3, -0.25) is 0 Å². The van der Waals surface area contributed by atoms with Crippen molar-refractivity contribution in [2.45, 2.75) is 25.9 Å². The molecule has 0 aliphatic rings. The Morgan fingerprint density at radius 1 is 1.19 bits per heavy atom. The van der Waals surface area contributed by atoms with Crippen LogP contribution in [-0.2, 0) is 6.18 Å². The quantitative estimate of drug-likeness (QED) is 0.243. The number of aliphatic imine (C=N–C) groups is 1. The fourth-order valence-electron chi connectivity index (χ4n) is 2.40. The number of hydrogen-bond acceptors (Lipinski definition) is 2. The number of halogens is 4. The van der Waals surface area contributed by atoms with Crippen LogP contribution in [0.2, 0.25) is 0 Å². The van der Waals surface area contributed by atoms with E-state index in [1.807, 2.05) is 6.92 Å². The van der Waals surface area contributed by atoms with Gasteiger partial charge in [-0.15, -0.1) is 0 Å². The lowest BCUT2D eigenvalue weighted by Crippen LogP contribution is -2.20. The molecule has 0 spiro atoms. The predicted molar refractivity (Wildman–Crippen MR) is 89.4 cm³/mol. The molecule has 136 valence electrons. The van der Waals surface area contributed by atoms with Crippen LogP contribution in [0, 0.1) is 12.4 Å². The molecule has 0 saturated carbocycles. The van der Waals surface area contributed by atoms with Gasteiger partial charge < -0.3 is 10.1 Å². The van der Waals surface area contributed by atoms with E-state index in [0.717, 1.165) is 30.7 Å². The van der Waals surface area contributed by atoms with Gasteiger partial charge in [-0.05, 0) is 41.1 Å². The molecule has 0 heterocycles. The van der Waals surface area contributed by atoms with Gasteiger partial charge in [-0.1, -0.05) is 37.6 Å². The van der Waals surface area contributed by atoms with Gasteiger partial charge in [0.25, 0.3) is 0 Å². The number of rotatable bonds is 5. The lowest BCUT2D eigenvalue weighted by Gasteiger charge is -2.18. The van der Waals surface area contributed by atoms with E-state index in [1.165, 1.54) is 12.1 Å². The van der Waals surface area contributed by atoms with Crippen LogP contribution < -0.4 is 5.11 Å². The molecule has 0 saturated heterocycles. The topological polar surface area (TPSA) is 39.8 Å². The molecule has 0 unspecified atom stereocenters. The van der Waals surface area contributed by atoms with Gasteiger partial charge in [0.05, 0.1) is 12.1 Å². The molecule has 0 atom stereocenters. The Hall–Kier alpha value is -2.88. The molecule has 3 nitrogen and oxygen atoms in total. The standard InChI is InChI=1S/C19H16F4N2O/c1-3-4-9-25-18(26)15-11-13(20)6-7-14(15)12-5-8-17(24-2)16(10-12)19(21,22)23/h5-8,10-11H,3-4,9H2,1H3,(H,25,26)/p-1. The molecule has 26 heavy (non-hydrogen) atoms. The van der Waals surface area contributed by atoms with E-state index in [2.05, 4.69) is 9.84 Å². The highest BCUT2D eigenvalue weighted by Crippen LogP contribution is 2.39. The van der Waals surface area contributed by atoms with Crippen LogP contribution in [-0.4, -0.2) is 12.4 Å². The first-order chi connectivity index (χ1) is 12.3. The van der Waals surface area contributed by atoms with Crippen LogP contribution in [0.3, 0.4) is 0 Å². The predicted octanol–water partition coefficient (Wildman–Crippen LogP) is 4.97. The van der Waals surface area contributed by atoms with Crippen LogP contribution in [0.5, 0.6) is 0 Å². The number of alkyl halides is 3. The summed E-state index contributed by atoms with van der Waals surface area (Å²) in [6.07, 6.45) is -3.22.